The molecule has 4 rings (SSSR count). The normalized spacial score (nSPS) is 20.2. The average Bonchev–Trinajstić information content (AvgIpc) is 3.39. The Balaban J connectivity index is 1.58. The first-order valence-corrected chi connectivity index (χ1v) is 12.2. The number of thiocarbonyl (C=S) groups is 1. The van der Waals surface area contributed by atoms with Crippen LogP contribution in [0, 0.1) is 0 Å². The first-order chi connectivity index (χ1) is 16.3. The molecule has 0 spiro atoms. The molecule has 0 aromatic heterocycles. The third-order valence-corrected chi connectivity index (χ3v) is 7.02. The molecule has 0 bridgehead atoms. The van der Waals surface area contributed by atoms with Gasteiger partial charge in [0.15, 0.2) is 5.11 Å². The predicted molar refractivity (Wildman–Crippen MR) is 140 cm³/mol. The number of para-hydroxylation sites is 1. The Morgan fingerprint density at radius 3 is 2.44 bits per heavy atom. The van der Waals surface area contributed by atoms with Crippen LogP contribution in [-0.4, -0.2) is 61.2 Å². The topological polar surface area (TPSA) is 65.1 Å². The van der Waals surface area contributed by atoms with Gasteiger partial charge < -0.3 is 19.9 Å². The van der Waals surface area contributed by atoms with Crippen molar-refractivity contribution in [1.29, 1.82) is 0 Å². The van der Waals surface area contributed by atoms with E-state index in [0.717, 1.165) is 18.5 Å². The maximum absolute atomic E-state index is 13.6. The number of carbonyl (C=O) groups excluding carboxylic acids is 2. The Kier molecular flexibility index (Phi) is 7.62. The van der Waals surface area contributed by atoms with Crippen molar-refractivity contribution in [2.45, 2.75) is 31.4 Å². The molecule has 2 saturated heterocycles. The van der Waals surface area contributed by atoms with Crippen LogP contribution in [-0.2, 0) is 14.3 Å². The minimum Gasteiger partial charge on any atom is -0.378 e. The van der Waals surface area contributed by atoms with Gasteiger partial charge in [-0.1, -0.05) is 29.3 Å². The number of nitrogens with zero attached hydrogens (tertiary/aromatic N) is 3. The van der Waals surface area contributed by atoms with Gasteiger partial charge in [-0.25, -0.2) is 0 Å². The summed E-state index contributed by atoms with van der Waals surface area (Å²) in [6.07, 6.45) is 1.72. The largest absolute Gasteiger partial charge is 0.378 e. The molecule has 0 unspecified atom stereocenters. The van der Waals surface area contributed by atoms with Crippen LogP contribution in [0.4, 0.5) is 17.1 Å². The van der Waals surface area contributed by atoms with Crippen molar-refractivity contribution in [2.24, 2.45) is 0 Å². The number of amides is 2. The van der Waals surface area contributed by atoms with Gasteiger partial charge in [-0.2, -0.15) is 0 Å². The van der Waals surface area contributed by atoms with E-state index in [9.17, 15) is 9.59 Å². The van der Waals surface area contributed by atoms with Crippen molar-refractivity contribution >= 4 is 69.4 Å². The van der Waals surface area contributed by atoms with E-state index >= 15 is 0 Å². The van der Waals surface area contributed by atoms with Gasteiger partial charge >= 0.3 is 0 Å². The van der Waals surface area contributed by atoms with Crippen LogP contribution < -0.4 is 15.1 Å². The van der Waals surface area contributed by atoms with Gasteiger partial charge in [0.25, 0.3) is 5.91 Å². The van der Waals surface area contributed by atoms with E-state index in [2.05, 4.69) is 5.32 Å². The molecule has 34 heavy (non-hydrogen) atoms. The van der Waals surface area contributed by atoms with E-state index in [1.165, 1.54) is 4.90 Å². The van der Waals surface area contributed by atoms with E-state index in [0.29, 0.717) is 39.7 Å². The summed E-state index contributed by atoms with van der Waals surface area (Å²) in [4.78, 5) is 31.8. The number of rotatable bonds is 7. The molecular formula is C24H26Cl2N4O3S. The number of hydrogen-bond donors (Lipinski definition) is 1. The highest BCUT2D eigenvalue weighted by molar-refractivity contribution is 7.80. The average molecular weight is 521 g/mol. The van der Waals surface area contributed by atoms with E-state index in [1.54, 1.807) is 23.1 Å². The van der Waals surface area contributed by atoms with Gasteiger partial charge in [0.1, 0.15) is 6.04 Å². The van der Waals surface area contributed by atoms with Crippen LogP contribution in [0.25, 0.3) is 0 Å². The van der Waals surface area contributed by atoms with E-state index in [4.69, 9.17) is 40.2 Å². The van der Waals surface area contributed by atoms with Gasteiger partial charge in [0.2, 0.25) is 5.91 Å². The van der Waals surface area contributed by atoms with Crippen LogP contribution in [0.3, 0.4) is 0 Å². The third kappa shape index (κ3) is 5.15. The van der Waals surface area contributed by atoms with Crippen molar-refractivity contribution in [3.8, 4) is 0 Å². The van der Waals surface area contributed by atoms with Crippen molar-refractivity contribution in [3.63, 3.8) is 0 Å². The molecule has 2 aromatic rings. The van der Waals surface area contributed by atoms with Crippen LogP contribution in [0.15, 0.2) is 42.5 Å². The highest BCUT2D eigenvalue weighted by atomic mass is 35.5. The number of ether oxygens (including phenoxy) is 1. The van der Waals surface area contributed by atoms with Crippen molar-refractivity contribution in [2.75, 3.05) is 42.4 Å². The Morgan fingerprint density at radius 2 is 1.85 bits per heavy atom. The van der Waals surface area contributed by atoms with Crippen LogP contribution in [0.5, 0.6) is 0 Å². The quantitative estimate of drug-likeness (QED) is 0.539. The minimum absolute atomic E-state index is 0.0367. The molecule has 2 aliphatic heterocycles. The number of nitrogens with one attached hydrogen (secondary N) is 1. The first kappa shape index (κ1) is 24.7. The summed E-state index contributed by atoms with van der Waals surface area (Å²) in [5.41, 5.74) is 1.99. The second-order valence-electron chi connectivity index (χ2n) is 8.52. The van der Waals surface area contributed by atoms with Gasteiger partial charge in [0.05, 0.1) is 33.9 Å². The monoisotopic (exact) mass is 520 g/mol. The minimum atomic E-state index is -0.758. The van der Waals surface area contributed by atoms with Crippen molar-refractivity contribution < 1.29 is 14.3 Å². The lowest BCUT2D eigenvalue weighted by molar-refractivity contribution is -0.124. The lowest BCUT2D eigenvalue weighted by atomic mass is 10.1. The molecule has 2 aromatic carbocycles. The van der Waals surface area contributed by atoms with Crippen molar-refractivity contribution in [1.82, 2.24) is 4.90 Å². The molecule has 10 heteroatoms. The number of anilines is 3. The van der Waals surface area contributed by atoms with E-state index in [1.807, 2.05) is 43.3 Å². The zero-order chi connectivity index (χ0) is 24.4. The summed E-state index contributed by atoms with van der Waals surface area (Å²) in [6.45, 7) is 1.13. The summed E-state index contributed by atoms with van der Waals surface area (Å²) in [5.74, 6) is -0.626. The molecule has 180 valence electrons. The first-order valence-electron chi connectivity index (χ1n) is 11.0. The number of carbonyl (C=O) groups is 2. The molecule has 2 fully saturated rings. The summed E-state index contributed by atoms with van der Waals surface area (Å²) in [7, 11) is 3.90. The van der Waals surface area contributed by atoms with E-state index < -0.39 is 6.04 Å². The highest BCUT2D eigenvalue weighted by Crippen LogP contribution is 2.32. The smallest absolute Gasteiger partial charge is 0.256 e. The summed E-state index contributed by atoms with van der Waals surface area (Å²) in [6, 6.07) is 11.8. The molecular weight excluding hydrogens is 495 g/mol. The molecule has 2 heterocycles. The molecule has 1 N–H and O–H groups in total. The maximum atomic E-state index is 13.6. The van der Waals surface area contributed by atoms with E-state index in [-0.39, 0.29) is 24.3 Å². The SMILES string of the molecule is CN(C)c1ccc(N2C(=O)[C@H](CC(=O)Nc3c(Cl)cccc3Cl)N(C[C@H]3CCCO3)C2=S)cc1. The van der Waals surface area contributed by atoms with Gasteiger partial charge in [-0.15, -0.1) is 0 Å². The fourth-order valence-corrected chi connectivity index (χ4v) is 5.06. The predicted octanol–water partition coefficient (Wildman–Crippen LogP) is 4.57. The Labute approximate surface area is 214 Å². The molecule has 2 amide bonds. The Hall–Kier alpha value is -2.39. The standard InChI is InChI=1S/C24H26Cl2N4O3S/c1-28(2)15-8-10-16(11-9-15)30-23(32)20(29(24(30)34)14-17-5-4-12-33-17)13-21(31)27-22-18(25)6-3-7-19(22)26/h3,6-11,17,20H,4-5,12-14H2,1-2H3,(H,27,31)/t17-,20+/m1/s1. The highest BCUT2D eigenvalue weighted by Gasteiger charge is 2.45. The summed E-state index contributed by atoms with van der Waals surface area (Å²) in [5, 5.41) is 3.77. The second kappa shape index (κ2) is 10.5. The fraction of sp³-hybridized carbons (Fsp3) is 0.375. The fourth-order valence-electron chi connectivity index (χ4n) is 4.17. The molecule has 0 aliphatic carbocycles. The number of hydrogen-bond acceptors (Lipinski definition) is 5. The molecule has 0 saturated carbocycles. The zero-order valence-electron chi connectivity index (χ0n) is 19.0. The van der Waals surface area contributed by atoms with Crippen LogP contribution in [0.1, 0.15) is 19.3 Å². The molecule has 2 atom stereocenters. The van der Waals surface area contributed by atoms with Crippen LogP contribution in [0.2, 0.25) is 10.0 Å². The maximum Gasteiger partial charge on any atom is 0.256 e. The molecule has 2 aliphatic rings. The lowest BCUT2D eigenvalue weighted by Crippen LogP contribution is -2.42. The second-order valence-corrected chi connectivity index (χ2v) is 9.70. The lowest BCUT2D eigenvalue weighted by Gasteiger charge is -2.26. The van der Waals surface area contributed by atoms with Crippen LogP contribution >= 0.6 is 35.4 Å². The van der Waals surface area contributed by atoms with Gasteiger partial charge in [0, 0.05) is 32.9 Å². The van der Waals surface area contributed by atoms with Crippen molar-refractivity contribution in [3.05, 3.63) is 52.5 Å². The summed E-state index contributed by atoms with van der Waals surface area (Å²) < 4.78 is 5.79. The third-order valence-electron chi connectivity index (χ3n) is 5.97. The van der Waals surface area contributed by atoms with Gasteiger partial charge in [-0.05, 0) is 61.5 Å². The number of benzene rings is 2. The molecule has 7 nitrogen and oxygen atoms in total. The summed E-state index contributed by atoms with van der Waals surface area (Å²) >= 11 is 18.1. The number of halogens is 2. The zero-order valence-corrected chi connectivity index (χ0v) is 21.3. The van der Waals surface area contributed by atoms with Gasteiger partial charge in [-0.3, -0.25) is 14.5 Å². The molecule has 0 radical (unpaired) electrons. The Morgan fingerprint density at radius 1 is 1.18 bits per heavy atom. The Bertz CT molecular complexity index is 1070.